The molecule has 0 radical (unpaired) electrons. The van der Waals surface area contributed by atoms with Gasteiger partial charge in [-0.25, -0.2) is 0 Å². The van der Waals surface area contributed by atoms with E-state index in [0.717, 1.165) is 62.5 Å². The van der Waals surface area contributed by atoms with Crippen LogP contribution in [0.5, 0.6) is 0 Å². The second-order valence-electron chi connectivity index (χ2n) is 16.3. The first kappa shape index (κ1) is 30.2. The Morgan fingerprint density at radius 1 is 0.929 bits per heavy atom. The Morgan fingerprint density at radius 3 is 2.26 bits per heavy atom. The van der Waals surface area contributed by atoms with E-state index in [4.69, 9.17) is 16.3 Å². The van der Waals surface area contributed by atoms with Crippen LogP contribution >= 0.6 is 11.6 Å². The van der Waals surface area contributed by atoms with Crippen molar-refractivity contribution in [2.45, 2.75) is 99.3 Å². The summed E-state index contributed by atoms with van der Waals surface area (Å²) < 4.78 is 5.54. The van der Waals surface area contributed by atoms with E-state index in [9.17, 15) is 9.59 Å². The summed E-state index contributed by atoms with van der Waals surface area (Å²) in [7, 11) is 1.58. The number of methoxy groups -OCH3 is 1. The lowest BCUT2D eigenvalue weighted by atomic mass is 9.32. The van der Waals surface area contributed by atoms with Gasteiger partial charge in [-0.05, 0) is 140 Å². The van der Waals surface area contributed by atoms with Gasteiger partial charge in [0, 0.05) is 10.4 Å². The molecule has 0 aliphatic heterocycles. The fraction of sp³-hybridized carbons (Fsp3) is 0.684. The van der Waals surface area contributed by atoms with Crippen LogP contribution < -0.4 is 0 Å². The summed E-state index contributed by atoms with van der Waals surface area (Å²) in [5.41, 5.74) is 2.83. The van der Waals surface area contributed by atoms with Gasteiger partial charge in [-0.2, -0.15) is 0 Å². The molecule has 3 nitrogen and oxygen atoms in total. The lowest BCUT2D eigenvalue weighted by Gasteiger charge is -2.72. The van der Waals surface area contributed by atoms with Crippen molar-refractivity contribution in [2.75, 3.05) is 7.11 Å². The molecule has 4 heteroatoms. The molecule has 0 heterocycles. The normalized spacial score (nSPS) is 44.9. The lowest BCUT2D eigenvalue weighted by molar-refractivity contribution is -0.232. The first-order valence-electron chi connectivity index (χ1n) is 16.4. The molecule has 9 atom stereocenters. The van der Waals surface area contributed by atoms with Gasteiger partial charge in [0.15, 0.2) is 5.78 Å². The molecule has 42 heavy (non-hydrogen) atoms. The Hall–Kier alpha value is -1.87. The standard InChI is InChI=1S/C38H51ClO3/c1-23(2)27-15-18-38(33(41)42-8)20-19-36(6)28(31(27)38)13-14-30-35(5)22-25(21-24-9-11-26(39)12-10-24)32(40)34(3,4)29(35)16-17-37(30,36)7/h9-12,21,27-31H,1,13-20,22H2,2-8H3/t27-,28+,29+,30+,31+,35+,36-,37-,38-/m1/s1. The van der Waals surface area contributed by atoms with Crippen LogP contribution in [0.15, 0.2) is 42.0 Å². The maximum Gasteiger partial charge on any atom is 0.312 e. The van der Waals surface area contributed by atoms with Crippen LogP contribution in [0, 0.1) is 56.7 Å². The summed E-state index contributed by atoms with van der Waals surface area (Å²) in [5, 5.41) is 0.715. The number of rotatable bonds is 3. The molecular weight excluding hydrogens is 540 g/mol. The van der Waals surface area contributed by atoms with Gasteiger partial charge in [-0.3, -0.25) is 9.59 Å². The van der Waals surface area contributed by atoms with Crippen LogP contribution in [-0.2, 0) is 14.3 Å². The van der Waals surface area contributed by atoms with E-state index in [2.05, 4.69) is 54.2 Å². The number of fused-ring (bicyclic) bond motifs is 7. The maximum atomic E-state index is 14.1. The molecule has 0 spiro atoms. The molecule has 1 aromatic rings. The van der Waals surface area contributed by atoms with Gasteiger partial charge in [0.1, 0.15) is 0 Å². The topological polar surface area (TPSA) is 43.4 Å². The van der Waals surface area contributed by atoms with E-state index < -0.39 is 5.41 Å². The van der Waals surface area contributed by atoms with Crippen LogP contribution in [0.1, 0.15) is 105 Å². The lowest BCUT2D eigenvalue weighted by Crippen LogP contribution is -2.67. The van der Waals surface area contributed by atoms with Crippen molar-refractivity contribution >= 4 is 29.4 Å². The number of halogens is 1. The number of esters is 1. The number of hydrogen-bond acceptors (Lipinski definition) is 3. The first-order chi connectivity index (χ1) is 19.7. The minimum absolute atomic E-state index is 0.0192. The zero-order valence-electron chi connectivity index (χ0n) is 26.9. The molecule has 5 saturated carbocycles. The highest BCUT2D eigenvalue weighted by atomic mass is 35.5. The second-order valence-corrected chi connectivity index (χ2v) is 16.7. The van der Waals surface area contributed by atoms with Gasteiger partial charge in [0.2, 0.25) is 0 Å². The third-order valence-electron chi connectivity index (χ3n) is 14.5. The van der Waals surface area contributed by atoms with Gasteiger partial charge in [-0.1, -0.05) is 70.5 Å². The number of ketones is 1. The van der Waals surface area contributed by atoms with Crippen molar-refractivity contribution in [3.8, 4) is 0 Å². The molecule has 1 aromatic carbocycles. The Morgan fingerprint density at radius 2 is 1.62 bits per heavy atom. The summed E-state index contributed by atoms with van der Waals surface area (Å²) in [6, 6.07) is 7.87. The summed E-state index contributed by atoms with van der Waals surface area (Å²) >= 11 is 6.18. The molecule has 228 valence electrons. The quantitative estimate of drug-likeness (QED) is 0.200. The van der Waals surface area contributed by atoms with Crippen molar-refractivity contribution < 1.29 is 14.3 Å². The molecule has 0 N–H and O–H groups in total. The largest absolute Gasteiger partial charge is 0.469 e. The van der Waals surface area contributed by atoms with Crippen molar-refractivity contribution in [1.29, 1.82) is 0 Å². The van der Waals surface area contributed by atoms with Crippen molar-refractivity contribution in [1.82, 2.24) is 0 Å². The molecule has 0 amide bonds. The summed E-state index contributed by atoms with van der Waals surface area (Å²) in [6.45, 7) is 18.8. The third kappa shape index (κ3) is 3.90. The maximum absolute atomic E-state index is 14.1. The average Bonchev–Trinajstić information content (AvgIpc) is 3.34. The molecule has 5 aliphatic carbocycles. The number of carbonyl (C=O) groups excluding carboxylic acids is 2. The fourth-order valence-corrected chi connectivity index (χ4v) is 12.6. The number of ether oxygens (including phenoxy) is 1. The summed E-state index contributed by atoms with van der Waals surface area (Å²) in [4.78, 5) is 27.6. The predicted molar refractivity (Wildman–Crippen MR) is 171 cm³/mol. The number of allylic oxidation sites excluding steroid dienone is 2. The van der Waals surface area contributed by atoms with Crippen molar-refractivity contribution in [2.24, 2.45) is 56.7 Å². The van der Waals surface area contributed by atoms with E-state index in [0.29, 0.717) is 40.4 Å². The Balaban J connectivity index is 1.41. The van der Waals surface area contributed by atoms with Crippen molar-refractivity contribution in [3.63, 3.8) is 0 Å². The molecular formula is C38H51ClO3. The molecule has 5 fully saturated rings. The molecule has 6 rings (SSSR count). The zero-order chi connectivity index (χ0) is 30.5. The van der Waals surface area contributed by atoms with Gasteiger partial charge in [-0.15, -0.1) is 0 Å². The predicted octanol–water partition coefficient (Wildman–Crippen LogP) is 9.73. The monoisotopic (exact) mass is 590 g/mol. The second kappa shape index (κ2) is 9.82. The van der Waals surface area contributed by atoms with Crippen LogP contribution in [0.4, 0.5) is 0 Å². The van der Waals surface area contributed by atoms with Crippen molar-refractivity contribution in [3.05, 3.63) is 52.6 Å². The molecule has 0 bridgehead atoms. The smallest absolute Gasteiger partial charge is 0.312 e. The van der Waals surface area contributed by atoms with E-state index >= 15 is 0 Å². The van der Waals surface area contributed by atoms with Crippen LogP contribution in [0.25, 0.3) is 6.08 Å². The number of benzene rings is 1. The average molecular weight is 591 g/mol. The fourth-order valence-electron chi connectivity index (χ4n) is 12.4. The highest BCUT2D eigenvalue weighted by molar-refractivity contribution is 6.30. The van der Waals surface area contributed by atoms with Crippen LogP contribution in [-0.4, -0.2) is 18.9 Å². The Labute approximate surface area is 258 Å². The summed E-state index contributed by atoms with van der Waals surface area (Å²) in [6.07, 6.45) is 11.5. The first-order valence-corrected chi connectivity index (χ1v) is 16.8. The minimum Gasteiger partial charge on any atom is -0.469 e. The molecule has 0 saturated heterocycles. The minimum atomic E-state index is -0.395. The molecule has 5 aliphatic rings. The van der Waals surface area contributed by atoms with Gasteiger partial charge >= 0.3 is 5.97 Å². The highest BCUT2D eigenvalue weighted by Crippen LogP contribution is 2.77. The third-order valence-corrected chi connectivity index (χ3v) is 14.7. The summed E-state index contributed by atoms with van der Waals surface area (Å²) in [5.74, 6) is 2.42. The van der Waals surface area contributed by atoms with Gasteiger partial charge < -0.3 is 4.74 Å². The van der Waals surface area contributed by atoms with Gasteiger partial charge in [0.25, 0.3) is 0 Å². The van der Waals surface area contributed by atoms with E-state index in [1.807, 2.05) is 24.3 Å². The van der Waals surface area contributed by atoms with Crippen LogP contribution in [0.3, 0.4) is 0 Å². The van der Waals surface area contributed by atoms with Crippen LogP contribution in [0.2, 0.25) is 5.02 Å². The molecule has 0 unspecified atom stereocenters. The Bertz CT molecular complexity index is 1340. The van der Waals surface area contributed by atoms with Gasteiger partial charge in [0.05, 0.1) is 12.5 Å². The Kier molecular flexibility index (Phi) is 7.05. The number of hydrogen-bond donors (Lipinski definition) is 0. The van der Waals surface area contributed by atoms with E-state index in [1.54, 1.807) is 7.11 Å². The highest BCUT2D eigenvalue weighted by Gasteiger charge is 2.72. The molecule has 0 aromatic heterocycles. The van der Waals surface area contributed by atoms with E-state index in [-0.39, 0.29) is 27.6 Å². The number of Topliss-reactive ketones (excluding diaryl/α,β-unsaturated/α-hetero) is 1. The number of carbonyl (C=O) groups is 2. The SMILES string of the molecule is C=C(C)[C@H]1CC[C@@]2(C(=O)OC)CC[C@]3(C)[C@@H](CC[C@H]4[C@@]5(C)CC(=Cc6ccc(Cl)cc6)C(=O)C(C)(C)[C@@H]5CC[C@]43C)[C@H]12. The zero-order valence-corrected chi connectivity index (χ0v) is 27.7. The van der Waals surface area contributed by atoms with E-state index in [1.165, 1.54) is 12.0 Å².